The molecule has 2 rings (SSSR count). The average Bonchev–Trinajstić information content (AvgIpc) is 2.98. The number of rotatable bonds is 6. The van der Waals surface area contributed by atoms with Gasteiger partial charge in [-0.15, -0.1) is 0 Å². The van der Waals surface area contributed by atoms with E-state index in [1.54, 1.807) is 19.1 Å². The summed E-state index contributed by atoms with van der Waals surface area (Å²) in [7, 11) is 0. The van der Waals surface area contributed by atoms with Crippen molar-refractivity contribution in [3.05, 3.63) is 53.1 Å². The molecule has 0 saturated carbocycles. The van der Waals surface area contributed by atoms with E-state index in [4.69, 9.17) is 0 Å². The van der Waals surface area contributed by atoms with Gasteiger partial charge in [0, 0.05) is 37.0 Å². The Morgan fingerprint density at radius 3 is 2.67 bits per heavy atom. The first-order valence-electron chi connectivity index (χ1n) is 8.06. The van der Waals surface area contributed by atoms with Crippen molar-refractivity contribution in [1.29, 1.82) is 0 Å². The summed E-state index contributed by atoms with van der Waals surface area (Å²) in [6, 6.07) is 4.50. The summed E-state index contributed by atoms with van der Waals surface area (Å²) >= 11 is 0. The normalized spacial score (nSPS) is 11.5. The fraction of sp³-hybridized carbons (Fsp3) is 0.444. The van der Waals surface area contributed by atoms with E-state index in [0.29, 0.717) is 30.8 Å². The molecule has 130 valence electrons. The van der Waals surface area contributed by atoms with Gasteiger partial charge >= 0.3 is 0 Å². The van der Waals surface area contributed by atoms with E-state index >= 15 is 0 Å². The lowest BCUT2D eigenvalue weighted by Crippen LogP contribution is -2.31. The third kappa shape index (κ3) is 4.89. The molecule has 1 heterocycles. The monoisotopic (exact) mass is 332 g/mol. The van der Waals surface area contributed by atoms with E-state index in [1.165, 1.54) is 6.07 Å². The average molecular weight is 332 g/mol. The van der Waals surface area contributed by atoms with Crippen LogP contribution in [0.3, 0.4) is 0 Å². The largest absolute Gasteiger partial charge is 0.351 e. The number of carbonyl (C=O) groups is 1. The molecule has 1 aromatic heterocycles. The number of carbonyl (C=O) groups excluding carboxylic acids is 1. The molecular formula is C18H25FN4O. The zero-order valence-corrected chi connectivity index (χ0v) is 14.7. The van der Waals surface area contributed by atoms with Crippen molar-refractivity contribution < 1.29 is 9.18 Å². The van der Waals surface area contributed by atoms with E-state index in [9.17, 15) is 9.18 Å². The molecule has 2 aromatic rings. The molecule has 5 nitrogen and oxygen atoms in total. The van der Waals surface area contributed by atoms with Crippen LogP contribution in [0.4, 0.5) is 4.39 Å². The van der Waals surface area contributed by atoms with Crippen LogP contribution in [0.2, 0.25) is 0 Å². The lowest BCUT2D eigenvalue weighted by molar-refractivity contribution is 0.0953. The van der Waals surface area contributed by atoms with Gasteiger partial charge in [0.2, 0.25) is 0 Å². The fourth-order valence-electron chi connectivity index (χ4n) is 2.15. The van der Waals surface area contributed by atoms with Crippen molar-refractivity contribution in [1.82, 2.24) is 20.4 Å². The molecule has 2 N–H and O–H groups in total. The molecule has 0 bridgehead atoms. The Balaban J connectivity index is 1.72. The maximum atomic E-state index is 13.5. The Morgan fingerprint density at radius 2 is 2.04 bits per heavy atom. The first-order valence-corrected chi connectivity index (χ1v) is 8.06. The van der Waals surface area contributed by atoms with Gasteiger partial charge in [-0.05, 0) is 45.4 Å². The minimum atomic E-state index is -0.364. The number of nitrogens with zero attached hydrogens (tertiary/aromatic N) is 2. The highest BCUT2D eigenvalue weighted by Gasteiger charge is 2.13. The highest BCUT2D eigenvalue weighted by atomic mass is 19.1. The summed E-state index contributed by atoms with van der Waals surface area (Å²) in [5.74, 6) is -0.632. The zero-order valence-electron chi connectivity index (χ0n) is 14.7. The Bertz CT molecular complexity index is 703. The van der Waals surface area contributed by atoms with Gasteiger partial charge in [-0.25, -0.2) is 4.39 Å². The molecule has 0 radical (unpaired) electrons. The van der Waals surface area contributed by atoms with Crippen LogP contribution >= 0.6 is 0 Å². The third-order valence-corrected chi connectivity index (χ3v) is 3.67. The Kier molecular flexibility index (Phi) is 5.72. The summed E-state index contributed by atoms with van der Waals surface area (Å²) in [5, 5.41) is 10.4. The molecule has 0 aliphatic heterocycles. The number of aromatic nitrogens is 2. The number of benzene rings is 1. The minimum absolute atomic E-state index is 0.0322. The van der Waals surface area contributed by atoms with E-state index in [2.05, 4.69) is 36.5 Å². The van der Waals surface area contributed by atoms with Crippen LogP contribution in [-0.4, -0.2) is 28.8 Å². The number of aryl methyl sites for hydroxylation is 1. The molecule has 0 atom stereocenters. The number of nitrogens with one attached hydrogen (secondary N) is 2. The van der Waals surface area contributed by atoms with Gasteiger partial charge in [-0.2, -0.15) is 5.10 Å². The van der Waals surface area contributed by atoms with Crippen molar-refractivity contribution in [2.45, 2.75) is 39.8 Å². The highest BCUT2D eigenvalue weighted by molar-refractivity contribution is 5.94. The summed E-state index contributed by atoms with van der Waals surface area (Å²) in [5.41, 5.74) is 1.93. The van der Waals surface area contributed by atoms with Crippen molar-refractivity contribution in [2.24, 2.45) is 0 Å². The second kappa shape index (κ2) is 7.57. The summed E-state index contributed by atoms with van der Waals surface area (Å²) in [4.78, 5) is 11.9. The van der Waals surface area contributed by atoms with E-state index in [-0.39, 0.29) is 17.3 Å². The summed E-state index contributed by atoms with van der Waals surface area (Å²) < 4.78 is 15.4. The van der Waals surface area contributed by atoms with Crippen LogP contribution in [-0.2, 0) is 12.1 Å². The van der Waals surface area contributed by atoms with Crippen LogP contribution in [0, 0.1) is 12.7 Å². The van der Waals surface area contributed by atoms with E-state index in [0.717, 1.165) is 5.56 Å². The van der Waals surface area contributed by atoms with Crippen molar-refractivity contribution in [3.8, 4) is 0 Å². The number of amides is 1. The molecule has 0 unspecified atom stereocenters. The molecule has 0 aliphatic rings. The molecule has 0 saturated heterocycles. The van der Waals surface area contributed by atoms with Gasteiger partial charge in [0.25, 0.3) is 5.91 Å². The predicted octanol–water partition coefficient (Wildman–Crippen LogP) is 2.61. The number of hydrogen-bond acceptors (Lipinski definition) is 3. The molecule has 0 spiro atoms. The lowest BCUT2D eigenvalue weighted by atomic mass is 10.1. The minimum Gasteiger partial charge on any atom is -0.351 e. The second-order valence-corrected chi connectivity index (χ2v) is 6.86. The SMILES string of the molecule is Cc1ccc(C(=O)NCCNCc2cnn(C(C)(C)C)c2)cc1F. The maximum Gasteiger partial charge on any atom is 0.251 e. The molecule has 0 fully saturated rings. The summed E-state index contributed by atoms with van der Waals surface area (Å²) in [6.45, 7) is 9.75. The Morgan fingerprint density at radius 1 is 1.29 bits per heavy atom. The molecular weight excluding hydrogens is 307 g/mol. The second-order valence-electron chi connectivity index (χ2n) is 6.86. The van der Waals surface area contributed by atoms with Crippen LogP contribution in [0.1, 0.15) is 42.3 Å². The van der Waals surface area contributed by atoms with Crippen molar-refractivity contribution >= 4 is 5.91 Å². The highest BCUT2D eigenvalue weighted by Crippen LogP contribution is 2.13. The van der Waals surface area contributed by atoms with Crippen molar-refractivity contribution in [2.75, 3.05) is 13.1 Å². The number of hydrogen-bond donors (Lipinski definition) is 2. The van der Waals surface area contributed by atoms with E-state index in [1.807, 2.05) is 17.1 Å². The predicted molar refractivity (Wildman–Crippen MR) is 92.4 cm³/mol. The molecule has 1 amide bonds. The fourth-order valence-corrected chi connectivity index (χ4v) is 2.15. The van der Waals surface area contributed by atoms with Gasteiger partial charge < -0.3 is 10.6 Å². The van der Waals surface area contributed by atoms with Gasteiger partial charge in [-0.3, -0.25) is 9.48 Å². The first kappa shape index (κ1) is 18.1. The quantitative estimate of drug-likeness (QED) is 0.800. The molecule has 6 heteroatoms. The molecule has 1 aromatic carbocycles. The smallest absolute Gasteiger partial charge is 0.251 e. The Hall–Kier alpha value is -2.21. The topological polar surface area (TPSA) is 59.0 Å². The van der Waals surface area contributed by atoms with Crippen LogP contribution in [0.15, 0.2) is 30.6 Å². The third-order valence-electron chi connectivity index (χ3n) is 3.67. The Labute approximate surface area is 142 Å². The maximum absolute atomic E-state index is 13.5. The van der Waals surface area contributed by atoms with Gasteiger partial charge in [0.05, 0.1) is 11.7 Å². The van der Waals surface area contributed by atoms with Gasteiger partial charge in [-0.1, -0.05) is 6.07 Å². The van der Waals surface area contributed by atoms with Crippen LogP contribution < -0.4 is 10.6 Å². The van der Waals surface area contributed by atoms with Crippen LogP contribution in [0.25, 0.3) is 0 Å². The lowest BCUT2D eigenvalue weighted by Gasteiger charge is -2.18. The van der Waals surface area contributed by atoms with Gasteiger partial charge in [0.1, 0.15) is 5.82 Å². The van der Waals surface area contributed by atoms with Crippen molar-refractivity contribution in [3.63, 3.8) is 0 Å². The number of halogens is 1. The molecule has 0 aliphatic carbocycles. The van der Waals surface area contributed by atoms with E-state index < -0.39 is 0 Å². The van der Waals surface area contributed by atoms with Crippen LogP contribution in [0.5, 0.6) is 0 Å². The molecule has 24 heavy (non-hydrogen) atoms. The summed E-state index contributed by atoms with van der Waals surface area (Å²) in [6.07, 6.45) is 3.85. The zero-order chi connectivity index (χ0) is 17.7. The standard InChI is InChI=1S/C18H25FN4O/c1-13-5-6-15(9-16(13)19)17(24)21-8-7-20-10-14-11-22-23(12-14)18(2,3)4/h5-6,9,11-12,20H,7-8,10H2,1-4H3,(H,21,24). The first-order chi connectivity index (χ1) is 11.3. The van der Waals surface area contributed by atoms with Gasteiger partial charge in [0.15, 0.2) is 0 Å².